The smallest absolute Gasteiger partial charge is 0.253 e. The molecule has 2 heterocycles. The van der Waals surface area contributed by atoms with E-state index in [4.69, 9.17) is 4.74 Å². The van der Waals surface area contributed by atoms with Crippen LogP contribution >= 0.6 is 11.3 Å². The number of nitrogens with one attached hydrogen (secondary N) is 1. The van der Waals surface area contributed by atoms with Crippen LogP contribution < -0.4 is 10.1 Å². The molecule has 0 aliphatic heterocycles. The lowest BCUT2D eigenvalue weighted by Crippen LogP contribution is -2.23. The molecular weight excluding hydrogens is 308 g/mol. The minimum Gasteiger partial charge on any atom is -0.447 e. The highest BCUT2D eigenvalue weighted by Gasteiger charge is 2.10. The zero-order valence-corrected chi connectivity index (χ0v) is 13.7. The number of hydrogen-bond acceptors (Lipinski definition) is 4. The molecule has 1 amide bonds. The molecule has 2 aromatic heterocycles. The first kappa shape index (κ1) is 16.7. The summed E-state index contributed by atoms with van der Waals surface area (Å²) in [5.41, 5.74) is 1.30. The van der Waals surface area contributed by atoms with E-state index in [1.54, 1.807) is 36.6 Å². The van der Waals surface area contributed by atoms with Gasteiger partial charge in [-0.3, -0.25) is 9.78 Å². The van der Waals surface area contributed by atoms with Crippen molar-refractivity contribution in [1.82, 2.24) is 10.3 Å². The zero-order valence-electron chi connectivity index (χ0n) is 12.9. The van der Waals surface area contributed by atoms with Gasteiger partial charge in [0.1, 0.15) is 5.76 Å². The average molecular weight is 326 g/mol. The molecule has 4 nitrogen and oxygen atoms in total. The molecule has 1 N–H and O–H groups in total. The van der Waals surface area contributed by atoms with E-state index in [0.29, 0.717) is 23.6 Å². The van der Waals surface area contributed by atoms with E-state index in [1.807, 2.05) is 19.1 Å². The topological polar surface area (TPSA) is 51.2 Å². The largest absolute Gasteiger partial charge is 0.447 e. The van der Waals surface area contributed by atoms with Crippen LogP contribution in [-0.4, -0.2) is 10.9 Å². The predicted molar refractivity (Wildman–Crippen MR) is 93.6 cm³/mol. The molecule has 0 bridgehead atoms. The maximum absolute atomic E-state index is 12.1. The second kappa shape index (κ2) is 8.10. The van der Waals surface area contributed by atoms with Crippen molar-refractivity contribution in [1.29, 1.82) is 0 Å². The fraction of sp³-hybridized carbons (Fsp3) is 0.111. The monoisotopic (exact) mass is 326 g/mol. The van der Waals surface area contributed by atoms with Crippen LogP contribution in [0.3, 0.4) is 0 Å². The number of ether oxygens (including phenoxy) is 1. The number of rotatable bonds is 7. The summed E-state index contributed by atoms with van der Waals surface area (Å²) in [7, 11) is 0. The van der Waals surface area contributed by atoms with Crippen molar-refractivity contribution >= 4 is 17.2 Å². The van der Waals surface area contributed by atoms with Crippen molar-refractivity contribution < 1.29 is 9.53 Å². The normalized spacial score (nSPS) is 10.9. The fourth-order valence-electron chi connectivity index (χ4n) is 1.87. The Balaban J connectivity index is 1.96. The number of hydrogen-bond donors (Lipinski definition) is 1. The molecule has 2 rings (SSSR count). The van der Waals surface area contributed by atoms with E-state index >= 15 is 0 Å². The first-order valence-corrected chi connectivity index (χ1v) is 7.87. The van der Waals surface area contributed by atoms with Crippen LogP contribution in [0, 0.1) is 6.92 Å². The number of thiophene rings is 1. The minimum absolute atomic E-state index is 0.134. The van der Waals surface area contributed by atoms with E-state index in [9.17, 15) is 4.79 Å². The van der Waals surface area contributed by atoms with E-state index in [1.165, 1.54) is 11.3 Å². The van der Waals surface area contributed by atoms with Crippen LogP contribution in [0.4, 0.5) is 0 Å². The molecule has 0 aliphatic carbocycles. The Morgan fingerprint density at radius 3 is 2.91 bits per heavy atom. The van der Waals surface area contributed by atoms with Crippen LogP contribution in [0.5, 0.6) is 5.06 Å². The molecule has 0 saturated heterocycles. The number of aromatic nitrogens is 1. The van der Waals surface area contributed by atoms with Gasteiger partial charge in [0.2, 0.25) is 0 Å². The van der Waals surface area contributed by atoms with E-state index in [-0.39, 0.29) is 5.91 Å². The highest BCUT2D eigenvalue weighted by molar-refractivity contribution is 7.13. The Hall–Kier alpha value is -2.66. The Bertz CT molecular complexity index is 747. The number of pyridine rings is 1. The fourth-order valence-corrected chi connectivity index (χ4v) is 2.68. The van der Waals surface area contributed by atoms with Crippen LogP contribution in [0.15, 0.2) is 67.6 Å². The number of nitrogens with zero attached hydrogens (tertiary/aromatic N) is 1. The minimum atomic E-state index is -0.134. The summed E-state index contributed by atoms with van der Waals surface area (Å²) < 4.78 is 5.66. The zero-order chi connectivity index (χ0) is 16.7. The molecule has 0 saturated carbocycles. The highest BCUT2D eigenvalue weighted by Crippen LogP contribution is 2.26. The molecule has 0 atom stereocenters. The summed E-state index contributed by atoms with van der Waals surface area (Å²) in [5.74, 6) is 0.494. The lowest BCUT2D eigenvalue weighted by atomic mass is 10.2. The second-order valence-electron chi connectivity index (χ2n) is 4.65. The molecule has 2 aromatic rings. The van der Waals surface area contributed by atoms with Gasteiger partial charge in [-0.2, -0.15) is 0 Å². The lowest BCUT2D eigenvalue weighted by Gasteiger charge is -2.05. The van der Waals surface area contributed by atoms with Crippen molar-refractivity contribution in [3.8, 4) is 5.06 Å². The van der Waals surface area contributed by atoms with Gasteiger partial charge in [-0.15, -0.1) is 11.3 Å². The highest BCUT2D eigenvalue weighted by atomic mass is 32.1. The van der Waals surface area contributed by atoms with Crippen molar-refractivity contribution in [3.63, 3.8) is 0 Å². The van der Waals surface area contributed by atoms with Gasteiger partial charge >= 0.3 is 0 Å². The molecule has 0 aliphatic rings. The van der Waals surface area contributed by atoms with Crippen LogP contribution in [0.2, 0.25) is 0 Å². The van der Waals surface area contributed by atoms with Crippen LogP contribution in [0.25, 0.3) is 0 Å². The molecule has 23 heavy (non-hydrogen) atoms. The molecule has 118 valence electrons. The van der Waals surface area contributed by atoms with Gasteiger partial charge in [0.15, 0.2) is 5.06 Å². The van der Waals surface area contributed by atoms with E-state index in [2.05, 4.69) is 23.5 Å². The summed E-state index contributed by atoms with van der Waals surface area (Å²) >= 11 is 1.47. The summed E-state index contributed by atoms with van der Waals surface area (Å²) in [5, 5.41) is 3.62. The van der Waals surface area contributed by atoms with Crippen molar-refractivity contribution in [2.24, 2.45) is 0 Å². The second-order valence-corrected chi connectivity index (χ2v) is 5.78. The van der Waals surface area contributed by atoms with Gasteiger partial charge in [0.25, 0.3) is 5.91 Å². The maximum atomic E-state index is 12.1. The van der Waals surface area contributed by atoms with Gasteiger partial charge in [0, 0.05) is 16.8 Å². The molecule has 0 aromatic carbocycles. The summed E-state index contributed by atoms with van der Waals surface area (Å²) in [6.45, 7) is 9.57. The lowest BCUT2D eigenvalue weighted by molar-refractivity contribution is 0.0950. The van der Waals surface area contributed by atoms with Crippen LogP contribution in [0.1, 0.15) is 20.9 Å². The van der Waals surface area contributed by atoms with Gasteiger partial charge in [-0.1, -0.05) is 19.2 Å². The third-order valence-electron chi connectivity index (χ3n) is 3.01. The van der Waals surface area contributed by atoms with Crippen LogP contribution in [-0.2, 0) is 6.54 Å². The standard InChI is InChI=1S/C18H18N2O2S/c1-4-7-14(5-2)22-17-10-9-15(23-17)12-20-18(21)16-8-6-11-19-13(16)3/h4-11H,1-2,12H2,3H3,(H,20,21)/b14-7+. The Morgan fingerprint density at radius 2 is 2.22 bits per heavy atom. The van der Waals surface area contributed by atoms with Gasteiger partial charge in [0.05, 0.1) is 12.1 Å². The summed E-state index contributed by atoms with van der Waals surface area (Å²) in [4.78, 5) is 17.3. The number of carbonyl (C=O) groups excluding carboxylic acids is 1. The predicted octanol–water partition coefficient (Wildman–Crippen LogP) is 4.02. The SMILES string of the molecule is C=C/C=C(\C=C)Oc1ccc(CNC(=O)c2cccnc2C)s1. The molecular formula is C18H18N2O2S. The number of allylic oxidation sites excluding steroid dienone is 3. The van der Waals surface area contributed by atoms with E-state index < -0.39 is 0 Å². The maximum Gasteiger partial charge on any atom is 0.253 e. The van der Waals surface area contributed by atoms with Gasteiger partial charge in [-0.05, 0) is 43.3 Å². The third kappa shape index (κ3) is 4.66. The van der Waals surface area contributed by atoms with Crippen molar-refractivity contribution in [2.75, 3.05) is 0 Å². The molecule has 0 unspecified atom stereocenters. The number of carbonyl (C=O) groups is 1. The van der Waals surface area contributed by atoms with Gasteiger partial charge in [-0.25, -0.2) is 0 Å². The number of aryl methyl sites for hydroxylation is 1. The van der Waals surface area contributed by atoms with Crippen molar-refractivity contribution in [3.05, 3.63) is 83.7 Å². The first-order chi connectivity index (χ1) is 11.1. The van der Waals surface area contributed by atoms with Gasteiger partial charge < -0.3 is 10.1 Å². The Morgan fingerprint density at radius 1 is 1.39 bits per heavy atom. The first-order valence-electron chi connectivity index (χ1n) is 7.05. The average Bonchev–Trinajstić information content (AvgIpc) is 3.00. The molecule has 0 fully saturated rings. The Kier molecular flexibility index (Phi) is 5.88. The molecule has 0 spiro atoms. The number of amides is 1. The third-order valence-corrected chi connectivity index (χ3v) is 3.98. The molecule has 5 heteroatoms. The summed E-state index contributed by atoms with van der Waals surface area (Å²) in [6, 6.07) is 7.30. The van der Waals surface area contributed by atoms with E-state index in [0.717, 1.165) is 9.94 Å². The molecule has 0 radical (unpaired) electrons. The Labute approximate surface area is 139 Å². The quantitative estimate of drug-likeness (QED) is 0.618. The van der Waals surface area contributed by atoms with Crippen molar-refractivity contribution in [2.45, 2.75) is 13.5 Å². The summed E-state index contributed by atoms with van der Waals surface area (Å²) in [6.07, 6.45) is 6.66.